The van der Waals surface area contributed by atoms with Crippen LogP contribution in [0.1, 0.15) is 10.4 Å². The molecule has 0 saturated carbocycles. The van der Waals surface area contributed by atoms with Crippen LogP contribution in [0.15, 0.2) is 46.4 Å². The lowest BCUT2D eigenvalue weighted by Gasteiger charge is -2.08. The highest BCUT2D eigenvalue weighted by atomic mass is 79.9. The first kappa shape index (κ1) is 13.1. The molecule has 0 aliphatic heterocycles. The van der Waals surface area contributed by atoms with Gasteiger partial charge in [0.1, 0.15) is 0 Å². The number of nitrogen functional groups attached to an aromatic ring is 1. The summed E-state index contributed by atoms with van der Waals surface area (Å²) in [5.74, 6) is -0.201. The van der Waals surface area contributed by atoms with Crippen LogP contribution in [0.2, 0.25) is 0 Å². The number of fused-ring (bicyclic) bond motifs is 1. The van der Waals surface area contributed by atoms with Gasteiger partial charge in [0.15, 0.2) is 0 Å². The van der Waals surface area contributed by atoms with Crippen molar-refractivity contribution in [3.05, 3.63) is 51.9 Å². The van der Waals surface area contributed by atoms with Crippen LogP contribution in [0.4, 0.5) is 11.4 Å². The topological polar surface area (TPSA) is 68.0 Å². The lowest BCUT2D eigenvalue weighted by molar-refractivity contribution is 0.102. The van der Waals surface area contributed by atoms with Gasteiger partial charge in [0.2, 0.25) is 0 Å². The number of hydrogen-bond donors (Lipinski definition) is 2. The van der Waals surface area contributed by atoms with E-state index in [1.54, 1.807) is 23.7 Å². The van der Waals surface area contributed by atoms with Crippen molar-refractivity contribution in [2.24, 2.45) is 0 Å². The van der Waals surface area contributed by atoms with Crippen molar-refractivity contribution in [1.29, 1.82) is 0 Å². The Hall–Kier alpha value is -1.92. The van der Waals surface area contributed by atoms with Crippen molar-refractivity contribution in [3.63, 3.8) is 0 Å². The van der Waals surface area contributed by atoms with E-state index in [0.29, 0.717) is 15.7 Å². The molecule has 0 aliphatic carbocycles. The van der Waals surface area contributed by atoms with E-state index >= 15 is 0 Å². The minimum Gasteiger partial charge on any atom is -0.398 e. The van der Waals surface area contributed by atoms with E-state index in [0.717, 1.165) is 15.9 Å². The van der Waals surface area contributed by atoms with Crippen LogP contribution in [0.3, 0.4) is 0 Å². The third-order valence-corrected chi connectivity index (χ3v) is 4.54. The molecule has 0 saturated heterocycles. The number of nitrogens with two attached hydrogens (primary N) is 1. The number of hydrogen-bond acceptors (Lipinski definition) is 4. The molecule has 1 heterocycles. The van der Waals surface area contributed by atoms with Crippen LogP contribution in [0.25, 0.3) is 10.2 Å². The fourth-order valence-electron chi connectivity index (χ4n) is 1.86. The van der Waals surface area contributed by atoms with Crippen LogP contribution in [0, 0.1) is 0 Å². The van der Waals surface area contributed by atoms with Gasteiger partial charge in [-0.25, -0.2) is 4.98 Å². The van der Waals surface area contributed by atoms with Crippen LogP contribution < -0.4 is 11.1 Å². The molecule has 0 bridgehead atoms. The van der Waals surface area contributed by atoms with Crippen molar-refractivity contribution < 1.29 is 4.79 Å². The van der Waals surface area contributed by atoms with Crippen LogP contribution in [-0.2, 0) is 0 Å². The summed E-state index contributed by atoms with van der Waals surface area (Å²) in [5.41, 5.74) is 10.3. The molecule has 3 N–H and O–H groups in total. The van der Waals surface area contributed by atoms with Crippen LogP contribution in [0.5, 0.6) is 0 Å². The summed E-state index contributed by atoms with van der Waals surface area (Å²) in [6.07, 6.45) is 0. The van der Waals surface area contributed by atoms with E-state index in [4.69, 9.17) is 5.73 Å². The Balaban J connectivity index is 1.90. The van der Waals surface area contributed by atoms with Crippen LogP contribution >= 0.6 is 27.3 Å². The predicted octanol–water partition coefficient (Wildman–Crippen LogP) is 3.89. The summed E-state index contributed by atoms with van der Waals surface area (Å²) in [6, 6.07) is 10.8. The molecule has 0 spiro atoms. The predicted molar refractivity (Wildman–Crippen MR) is 86.1 cm³/mol. The zero-order valence-electron chi connectivity index (χ0n) is 10.3. The monoisotopic (exact) mass is 347 g/mol. The Morgan fingerprint density at radius 1 is 1.30 bits per heavy atom. The third kappa shape index (κ3) is 2.39. The summed E-state index contributed by atoms with van der Waals surface area (Å²) in [5, 5.41) is 2.86. The third-order valence-electron chi connectivity index (χ3n) is 2.86. The smallest absolute Gasteiger partial charge is 0.256 e. The van der Waals surface area contributed by atoms with E-state index in [9.17, 15) is 4.79 Å². The number of aromatic nitrogens is 1. The Labute approximate surface area is 127 Å². The number of carbonyl (C=O) groups is 1. The van der Waals surface area contributed by atoms with Crippen molar-refractivity contribution in [3.8, 4) is 0 Å². The minimum atomic E-state index is -0.201. The quantitative estimate of drug-likeness (QED) is 0.691. The van der Waals surface area contributed by atoms with Gasteiger partial charge in [-0.15, -0.1) is 11.3 Å². The summed E-state index contributed by atoms with van der Waals surface area (Å²) in [7, 11) is 0. The highest BCUT2D eigenvalue weighted by molar-refractivity contribution is 9.10. The molecule has 100 valence electrons. The molecule has 0 atom stereocenters. The lowest BCUT2D eigenvalue weighted by Crippen LogP contribution is -2.13. The molecule has 3 aromatic rings. The van der Waals surface area contributed by atoms with E-state index in [1.165, 1.54) is 11.3 Å². The number of amides is 1. The second-order valence-electron chi connectivity index (χ2n) is 4.20. The minimum absolute atomic E-state index is 0.201. The summed E-state index contributed by atoms with van der Waals surface area (Å²) < 4.78 is 1.64. The zero-order valence-corrected chi connectivity index (χ0v) is 12.7. The fourth-order valence-corrected chi connectivity index (χ4v) is 3.02. The van der Waals surface area contributed by atoms with Gasteiger partial charge in [-0.2, -0.15) is 0 Å². The molecule has 3 rings (SSSR count). The molecule has 0 fully saturated rings. The van der Waals surface area contributed by atoms with Gasteiger partial charge in [-0.3, -0.25) is 4.79 Å². The number of halogens is 1. The number of rotatable bonds is 2. The van der Waals surface area contributed by atoms with Crippen molar-refractivity contribution in [2.45, 2.75) is 0 Å². The van der Waals surface area contributed by atoms with Crippen molar-refractivity contribution in [1.82, 2.24) is 4.98 Å². The summed E-state index contributed by atoms with van der Waals surface area (Å²) >= 11 is 4.87. The first-order chi connectivity index (χ1) is 9.65. The highest BCUT2D eigenvalue weighted by Gasteiger charge is 2.12. The van der Waals surface area contributed by atoms with Gasteiger partial charge >= 0.3 is 0 Å². The maximum Gasteiger partial charge on any atom is 0.256 e. The molecule has 4 nitrogen and oxygen atoms in total. The summed E-state index contributed by atoms with van der Waals surface area (Å²) in [4.78, 5) is 16.5. The molecule has 2 aromatic carbocycles. The molecule has 0 unspecified atom stereocenters. The molecule has 0 radical (unpaired) electrons. The lowest BCUT2D eigenvalue weighted by atomic mass is 10.2. The number of carbonyl (C=O) groups excluding carboxylic acids is 1. The second-order valence-corrected chi connectivity index (χ2v) is 5.88. The second kappa shape index (κ2) is 5.22. The number of thiazole rings is 1. The summed E-state index contributed by atoms with van der Waals surface area (Å²) in [6.45, 7) is 0. The maximum atomic E-state index is 12.3. The first-order valence-electron chi connectivity index (χ1n) is 5.84. The number of anilines is 2. The maximum absolute atomic E-state index is 12.3. The van der Waals surface area contributed by atoms with Gasteiger partial charge in [0.05, 0.1) is 25.8 Å². The molecule has 1 amide bonds. The zero-order chi connectivity index (χ0) is 14.1. The molecule has 0 aliphatic rings. The largest absolute Gasteiger partial charge is 0.398 e. The van der Waals surface area contributed by atoms with Crippen molar-refractivity contribution >= 4 is 54.8 Å². The Morgan fingerprint density at radius 2 is 2.15 bits per heavy atom. The number of nitrogens with one attached hydrogen (secondary N) is 1. The molecule has 20 heavy (non-hydrogen) atoms. The average molecular weight is 348 g/mol. The van der Waals surface area contributed by atoms with E-state index in [-0.39, 0.29) is 5.91 Å². The molecular weight excluding hydrogens is 338 g/mol. The van der Waals surface area contributed by atoms with Crippen LogP contribution in [-0.4, -0.2) is 10.9 Å². The highest BCUT2D eigenvalue weighted by Crippen LogP contribution is 2.26. The molecule has 1 aromatic heterocycles. The van der Waals surface area contributed by atoms with E-state index < -0.39 is 0 Å². The van der Waals surface area contributed by atoms with E-state index in [1.807, 2.05) is 18.2 Å². The van der Waals surface area contributed by atoms with Gasteiger partial charge < -0.3 is 11.1 Å². The SMILES string of the molecule is Nc1cccc(C(=O)Nc2ccc3ncsc3c2)c1Br. The normalized spacial score (nSPS) is 10.7. The standard InChI is InChI=1S/C14H10BrN3OS/c15-13-9(2-1-3-10(13)16)14(19)18-8-4-5-11-12(6-8)20-7-17-11/h1-7H,16H2,(H,18,19). The number of benzene rings is 2. The fraction of sp³-hybridized carbons (Fsp3) is 0. The first-order valence-corrected chi connectivity index (χ1v) is 7.51. The van der Waals surface area contributed by atoms with Gasteiger partial charge in [0, 0.05) is 11.4 Å². The van der Waals surface area contributed by atoms with Gasteiger partial charge in [-0.05, 0) is 46.3 Å². The van der Waals surface area contributed by atoms with E-state index in [2.05, 4.69) is 26.2 Å². The Morgan fingerprint density at radius 3 is 3.00 bits per heavy atom. The number of nitrogens with zero attached hydrogens (tertiary/aromatic N) is 1. The van der Waals surface area contributed by atoms with Gasteiger partial charge in [0.25, 0.3) is 5.91 Å². The van der Waals surface area contributed by atoms with Crippen molar-refractivity contribution in [2.75, 3.05) is 11.1 Å². The molecular formula is C14H10BrN3OS. The molecule has 6 heteroatoms. The Kier molecular flexibility index (Phi) is 3.42. The average Bonchev–Trinajstić information content (AvgIpc) is 2.89. The Bertz CT molecular complexity index is 800. The van der Waals surface area contributed by atoms with Gasteiger partial charge in [-0.1, -0.05) is 6.07 Å².